The Morgan fingerprint density at radius 1 is 1.12 bits per heavy atom. The van der Waals surface area contributed by atoms with E-state index in [1.807, 2.05) is 0 Å². The molecule has 0 spiro atoms. The average Bonchev–Trinajstić information content (AvgIpc) is 2.32. The molecule has 17 heavy (non-hydrogen) atoms. The van der Waals surface area contributed by atoms with Gasteiger partial charge in [-0.25, -0.2) is 4.79 Å². The van der Waals surface area contributed by atoms with Crippen LogP contribution in [-0.4, -0.2) is 15.6 Å². The molecule has 1 N–H and O–H groups in total. The SMILES string of the molecule is O=C(O)c1ccc(-n2cc(Cl)ccc2=O)cc1. The molecule has 0 radical (unpaired) electrons. The van der Waals surface area contributed by atoms with E-state index in [1.165, 1.54) is 35.0 Å². The minimum atomic E-state index is -1.00. The van der Waals surface area contributed by atoms with Crippen LogP contribution in [0.15, 0.2) is 47.4 Å². The first-order chi connectivity index (χ1) is 8.08. The first kappa shape index (κ1) is 11.4. The molecular weight excluding hydrogens is 242 g/mol. The Morgan fingerprint density at radius 3 is 2.35 bits per heavy atom. The van der Waals surface area contributed by atoms with Gasteiger partial charge < -0.3 is 5.11 Å². The highest BCUT2D eigenvalue weighted by Crippen LogP contribution is 2.11. The highest BCUT2D eigenvalue weighted by molar-refractivity contribution is 6.30. The fourth-order valence-corrected chi connectivity index (χ4v) is 1.59. The minimum absolute atomic E-state index is 0.170. The van der Waals surface area contributed by atoms with Crippen molar-refractivity contribution >= 4 is 17.6 Å². The van der Waals surface area contributed by atoms with E-state index in [-0.39, 0.29) is 11.1 Å². The van der Waals surface area contributed by atoms with Crippen molar-refractivity contribution in [2.75, 3.05) is 0 Å². The van der Waals surface area contributed by atoms with Gasteiger partial charge in [-0.3, -0.25) is 9.36 Å². The number of pyridine rings is 1. The Morgan fingerprint density at radius 2 is 1.76 bits per heavy atom. The lowest BCUT2D eigenvalue weighted by atomic mass is 10.2. The molecule has 0 aliphatic heterocycles. The summed E-state index contributed by atoms with van der Waals surface area (Å²) in [6.07, 6.45) is 1.49. The van der Waals surface area contributed by atoms with E-state index in [9.17, 15) is 9.59 Å². The molecule has 1 aromatic heterocycles. The first-order valence-electron chi connectivity index (χ1n) is 4.80. The lowest BCUT2D eigenvalue weighted by Gasteiger charge is -2.05. The van der Waals surface area contributed by atoms with Crippen molar-refractivity contribution < 1.29 is 9.90 Å². The maximum absolute atomic E-state index is 11.6. The number of rotatable bonds is 2. The summed E-state index contributed by atoms with van der Waals surface area (Å²) in [5, 5.41) is 9.19. The summed E-state index contributed by atoms with van der Waals surface area (Å²) in [6, 6.07) is 8.85. The van der Waals surface area contributed by atoms with Crippen molar-refractivity contribution in [2.45, 2.75) is 0 Å². The van der Waals surface area contributed by atoms with Crippen LogP contribution in [0.25, 0.3) is 5.69 Å². The van der Waals surface area contributed by atoms with Crippen molar-refractivity contribution in [2.24, 2.45) is 0 Å². The van der Waals surface area contributed by atoms with E-state index in [2.05, 4.69) is 0 Å². The molecule has 0 bridgehead atoms. The van der Waals surface area contributed by atoms with Gasteiger partial charge in [0, 0.05) is 18.0 Å². The second-order valence-corrected chi connectivity index (χ2v) is 3.84. The number of hydrogen-bond donors (Lipinski definition) is 1. The molecule has 86 valence electrons. The van der Waals surface area contributed by atoms with E-state index in [4.69, 9.17) is 16.7 Å². The van der Waals surface area contributed by atoms with Gasteiger partial charge in [-0.15, -0.1) is 0 Å². The Kier molecular flexibility index (Phi) is 2.97. The molecule has 0 aliphatic rings. The van der Waals surface area contributed by atoms with Crippen molar-refractivity contribution in [3.05, 3.63) is 63.5 Å². The maximum Gasteiger partial charge on any atom is 0.335 e. The number of carbonyl (C=O) groups is 1. The highest BCUT2D eigenvalue weighted by atomic mass is 35.5. The third-order valence-corrected chi connectivity index (χ3v) is 2.49. The molecule has 0 amide bonds. The van der Waals surface area contributed by atoms with Gasteiger partial charge in [-0.2, -0.15) is 0 Å². The molecule has 1 aromatic carbocycles. The third-order valence-electron chi connectivity index (χ3n) is 2.27. The van der Waals surface area contributed by atoms with Crippen molar-refractivity contribution in [3.63, 3.8) is 0 Å². The summed E-state index contributed by atoms with van der Waals surface area (Å²) >= 11 is 5.79. The molecule has 2 aromatic rings. The van der Waals surface area contributed by atoms with Gasteiger partial charge in [-0.05, 0) is 30.3 Å². The number of carboxylic acid groups (broad SMARTS) is 1. The van der Waals surface area contributed by atoms with Crippen LogP contribution in [0, 0.1) is 0 Å². The standard InChI is InChI=1S/C12H8ClNO3/c13-9-3-6-11(15)14(7-9)10-4-1-8(2-5-10)12(16)17/h1-7H,(H,16,17). The molecule has 0 aliphatic carbocycles. The molecule has 4 nitrogen and oxygen atoms in total. The van der Waals surface area contributed by atoms with Crippen LogP contribution in [0.3, 0.4) is 0 Å². The molecule has 0 unspecified atom stereocenters. The largest absolute Gasteiger partial charge is 0.478 e. The molecule has 0 atom stereocenters. The van der Waals surface area contributed by atoms with Crippen LogP contribution in [0.1, 0.15) is 10.4 Å². The first-order valence-corrected chi connectivity index (χ1v) is 5.17. The predicted octanol–water partition coefficient (Wildman–Crippen LogP) is 2.19. The van der Waals surface area contributed by atoms with Crippen LogP contribution in [-0.2, 0) is 0 Å². The zero-order valence-corrected chi connectivity index (χ0v) is 9.39. The highest BCUT2D eigenvalue weighted by Gasteiger charge is 2.04. The number of aromatic carboxylic acids is 1. The summed E-state index contributed by atoms with van der Waals surface area (Å²) in [5.74, 6) is -1.00. The molecular formula is C12H8ClNO3. The van der Waals surface area contributed by atoms with Gasteiger partial charge in [0.05, 0.1) is 10.6 Å². The zero-order valence-electron chi connectivity index (χ0n) is 8.63. The lowest BCUT2D eigenvalue weighted by Crippen LogP contribution is -2.16. The molecule has 5 heteroatoms. The molecule has 0 saturated carbocycles. The van der Waals surface area contributed by atoms with E-state index in [0.29, 0.717) is 10.7 Å². The van der Waals surface area contributed by atoms with Gasteiger partial charge in [0.2, 0.25) is 0 Å². The van der Waals surface area contributed by atoms with Crippen LogP contribution >= 0.6 is 11.6 Å². The monoisotopic (exact) mass is 249 g/mol. The predicted molar refractivity (Wildman–Crippen MR) is 64.0 cm³/mol. The number of hydrogen-bond acceptors (Lipinski definition) is 2. The number of aromatic nitrogens is 1. The van der Waals surface area contributed by atoms with Crippen molar-refractivity contribution in [1.29, 1.82) is 0 Å². The third kappa shape index (κ3) is 2.37. The molecule has 1 heterocycles. The Balaban J connectivity index is 2.50. The topological polar surface area (TPSA) is 59.3 Å². The van der Waals surface area contributed by atoms with Crippen LogP contribution in [0.5, 0.6) is 0 Å². The summed E-state index contributed by atoms with van der Waals surface area (Å²) in [7, 11) is 0. The van der Waals surface area contributed by atoms with Crippen molar-refractivity contribution in [3.8, 4) is 5.69 Å². The molecule has 2 rings (SSSR count). The van der Waals surface area contributed by atoms with Crippen LogP contribution < -0.4 is 5.56 Å². The summed E-state index contributed by atoms with van der Waals surface area (Å²) in [4.78, 5) is 22.3. The van der Waals surface area contributed by atoms with E-state index < -0.39 is 5.97 Å². The average molecular weight is 250 g/mol. The molecule has 0 saturated heterocycles. The summed E-state index contributed by atoms with van der Waals surface area (Å²) in [6.45, 7) is 0. The maximum atomic E-state index is 11.6. The molecule has 0 fully saturated rings. The zero-order chi connectivity index (χ0) is 12.4. The number of carboxylic acids is 1. The van der Waals surface area contributed by atoms with Crippen LogP contribution in [0.4, 0.5) is 0 Å². The summed E-state index contributed by atoms with van der Waals surface area (Å²) < 4.78 is 1.36. The quantitative estimate of drug-likeness (QED) is 0.888. The number of halogens is 1. The van der Waals surface area contributed by atoms with Gasteiger partial charge in [0.1, 0.15) is 0 Å². The number of nitrogens with zero attached hydrogens (tertiary/aromatic N) is 1. The van der Waals surface area contributed by atoms with E-state index in [0.717, 1.165) is 0 Å². The van der Waals surface area contributed by atoms with Gasteiger partial charge >= 0.3 is 5.97 Å². The smallest absolute Gasteiger partial charge is 0.335 e. The van der Waals surface area contributed by atoms with Gasteiger partial charge in [-0.1, -0.05) is 11.6 Å². The Labute approximate surface area is 102 Å². The normalized spacial score (nSPS) is 10.2. The van der Waals surface area contributed by atoms with E-state index >= 15 is 0 Å². The fourth-order valence-electron chi connectivity index (χ4n) is 1.43. The number of benzene rings is 1. The lowest BCUT2D eigenvalue weighted by molar-refractivity contribution is 0.0697. The summed E-state index contributed by atoms with van der Waals surface area (Å²) in [5.41, 5.74) is 0.517. The van der Waals surface area contributed by atoms with Crippen molar-refractivity contribution in [1.82, 2.24) is 4.57 Å². The van der Waals surface area contributed by atoms with Gasteiger partial charge in [0.15, 0.2) is 0 Å². The van der Waals surface area contributed by atoms with Gasteiger partial charge in [0.25, 0.3) is 5.56 Å². The Hall–Kier alpha value is -2.07. The fraction of sp³-hybridized carbons (Fsp3) is 0. The minimum Gasteiger partial charge on any atom is -0.478 e. The Bertz CT molecular complexity index is 616. The second kappa shape index (κ2) is 4.43. The second-order valence-electron chi connectivity index (χ2n) is 3.41. The van der Waals surface area contributed by atoms with E-state index in [1.54, 1.807) is 12.1 Å². The van der Waals surface area contributed by atoms with Crippen LogP contribution in [0.2, 0.25) is 5.02 Å².